The van der Waals surface area contributed by atoms with Gasteiger partial charge >= 0.3 is 12.0 Å². The largest absolute Gasteiger partial charge is 0.481 e. The quantitative estimate of drug-likeness (QED) is 0.685. The van der Waals surface area contributed by atoms with Gasteiger partial charge in [0.05, 0.1) is 25.7 Å². The molecule has 2 N–H and O–H groups in total. The molecule has 2 fully saturated rings. The third-order valence-electron chi connectivity index (χ3n) is 3.56. The Kier molecular flexibility index (Phi) is 4.43. The van der Waals surface area contributed by atoms with E-state index in [0.29, 0.717) is 32.8 Å². The molecule has 2 saturated heterocycles. The van der Waals surface area contributed by atoms with E-state index in [1.165, 1.54) is 4.90 Å². The number of ether oxygens (including phenoxy) is 1. The second-order valence-corrected chi connectivity index (χ2v) is 5.00. The van der Waals surface area contributed by atoms with Crippen molar-refractivity contribution in [2.45, 2.75) is 25.4 Å². The Hall–Kier alpha value is -1.83. The predicted octanol–water partition coefficient (Wildman–Crippen LogP) is -0.898. The molecule has 0 aromatic heterocycles. The standard InChI is InChI=1S/C12H19N3O5/c1-8-7-20-5-4-14(8)12(19)15-3-2-13-11(18)9(15)6-10(16)17/h8-9H,2-7H2,1H3,(H,13,18)(H,16,17). The fraction of sp³-hybridized carbons (Fsp3) is 0.750. The number of hydrogen-bond acceptors (Lipinski definition) is 4. The maximum Gasteiger partial charge on any atom is 0.321 e. The van der Waals surface area contributed by atoms with Gasteiger partial charge < -0.3 is 25.0 Å². The number of nitrogens with one attached hydrogen (secondary N) is 1. The lowest BCUT2D eigenvalue weighted by Crippen LogP contribution is -2.62. The highest BCUT2D eigenvalue weighted by atomic mass is 16.5. The van der Waals surface area contributed by atoms with Crippen molar-refractivity contribution < 1.29 is 24.2 Å². The number of urea groups is 1. The summed E-state index contributed by atoms with van der Waals surface area (Å²) in [7, 11) is 0. The van der Waals surface area contributed by atoms with Gasteiger partial charge in [0, 0.05) is 19.6 Å². The number of carboxylic acids is 1. The van der Waals surface area contributed by atoms with E-state index >= 15 is 0 Å². The minimum Gasteiger partial charge on any atom is -0.481 e. The Morgan fingerprint density at radius 1 is 1.40 bits per heavy atom. The molecule has 20 heavy (non-hydrogen) atoms. The van der Waals surface area contributed by atoms with Gasteiger partial charge in [-0.1, -0.05) is 0 Å². The van der Waals surface area contributed by atoms with Gasteiger partial charge in [-0.25, -0.2) is 4.79 Å². The molecule has 0 bridgehead atoms. The third kappa shape index (κ3) is 3.01. The van der Waals surface area contributed by atoms with E-state index in [1.54, 1.807) is 4.90 Å². The summed E-state index contributed by atoms with van der Waals surface area (Å²) < 4.78 is 5.28. The van der Waals surface area contributed by atoms with Crippen LogP contribution in [0.2, 0.25) is 0 Å². The number of aliphatic carboxylic acids is 1. The average Bonchev–Trinajstić information content (AvgIpc) is 2.40. The lowest BCUT2D eigenvalue weighted by atomic mass is 10.1. The maximum absolute atomic E-state index is 12.5. The smallest absolute Gasteiger partial charge is 0.321 e. The summed E-state index contributed by atoms with van der Waals surface area (Å²) in [5.74, 6) is -1.51. The molecule has 8 heteroatoms. The number of nitrogens with zero attached hydrogens (tertiary/aromatic N) is 2. The molecule has 2 aliphatic heterocycles. The second kappa shape index (κ2) is 6.08. The molecule has 0 saturated carbocycles. The summed E-state index contributed by atoms with van der Waals surface area (Å²) in [6.07, 6.45) is -0.379. The molecule has 0 radical (unpaired) electrons. The number of carbonyl (C=O) groups is 3. The van der Waals surface area contributed by atoms with Gasteiger partial charge in [-0.3, -0.25) is 9.59 Å². The number of piperazine rings is 1. The summed E-state index contributed by atoms with van der Waals surface area (Å²) in [6.45, 7) is 3.91. The van der Waals surface area contributed by atoms with Crippen LogP contribution < -0.4 is 5.32 Å². The Labute approximate surface area is 116 Å². The highest BCUT2D eigenvalue weighted by Gasteiger charge is 2.38. The topological polar surface area (TPSA) is 99.2 Å². The van der Waals surface area contributed by atoms with Gasteiger partial charge in [-0.15, -0.1) is 0 Å². The molecule has 2 unspecified atom stereocenters. The molecule has 0 aliphatic carbocycles. The van der Waals surface area contributed by atoms with Crippen LogP contribution in [-0.4, -0.2) is 77.7 Å². The van der Waals surface area contributed by atoms with Gasteiger partial charge in [0.25, 0.3) is 0 Å². The predicted molar refractivity (Wildman–Crippen MR) is 68.1 cm³/mol. The number of carboxylic acid groups (broad SMARTS) is 1. The monoisotopic (exact) mass is 285 g/mol. The maximum atomic E-state index is 12.5. The van der Waals surface area contributed by atoms with Crippen molar-refractivity contribution in [3.05, 3.63) is 0 Å². The molecule has 2 aliphatic rings. The molecule has 0 spiro atoms. The summed E-state index contributed by atoms with van der Waals surface area (Å²) in [6, 6.07) is -1.31. The van der Waals surface area contributed by atoms with Gasteiger partial charge in [-0.2, -0.15) is 0 Å². The van der Waals surface area contributed by atoms with Crippen LogP contribution in [0, 0.1) is 0 Å². The first-order valence-corrected chi connectivity index (χ1v) is 6.65. The number of hydrogen-bond donors (Lipinski definition) is 2. The SMILES string of the molecule is CC1COCCN1C(=O)N1CCNC(=O)C1CC(=O)O. The van der Waals surface area contributed by atoms with Gasteiger partial charge in [-0.05, 0) is 6.92 Å². The highest BCUT2D eigenvalue weighted by Crippen LogP contribution is 2.16. The van der Waals surface area contributed by atoms with E-state index in [1.807, 2.05) is 6.92 Å². The van der Waals surface area contributed by atoms with Crippen LogP contribution >= 0.6 is 0 Å². The van der Waals surface area contributed by atoms with Crippen molar-refractivity contribution in [2.75, 3.05) is 32.8 Å². The van der Waals surface area contributed by atoms with Crippen LogP contribution in [0.3, 0.4) is 0 Å². The highest BCUT2D eigenvalue weighted by molar-refractivity contribution is 5.91. The number of carbonyl (C=O) groups excluding carboxylic acids is 2. The molecule has 0 aromatic carbocycles. The van der Waals surface area contributed by atoms with Crippen molar-refractivity contribution in [3.63, 3.8) is 0 Å². The summed E-state index contributed by atoms with van der Waals surface area (Å²) in [5.41, 5.74) is 0. The number of morpholine rings is 1. The fourth-order valence-corrected chi connectivity index (χ4v) is 2.49. The Balaban J connectivity index is 2.12. The van der Waals surface area contributed by atoms with Gasteiger partial charge in [0.15, 0.2) is 0 Å². The number of rotatable bonds is 2. The van der Waals surface area contributed by atoms with E-state index in [2.05, 4.69) is 5.32 Å². The first-order valence-electron chi connectivity index (χ1n) is 6.65. The molecule has 2 heterocycles. The van der Waals surface area contributed by atoms with Crippen molar-refractivity contribution in [2.24, 2.45) is 0 Å². The summed E-state index contributed by atoms with van der Waals surface area (Å²) >= 11 is 0. The van der Waals surface area contributed by atoms with Gasteiger partial charge in [0.2, 0.25) is 5.91 Å². The minimum atomic E-state index is -1.10. The third-order valence-corrected chi connectivity index (χ3v) is 3.56. The Morgan fingerprint density at radius 2 is 2.15 bits per heavy atom. The first-order chi connectivity index (χ1) is 9.50. The molecule has 0 aromatic rings. The van der Waals surface area contributed by atoms with E-state index in [-0.39, 0.29) is 18.5 Å². The van der Waals surface area contributed by atoms with Crippen molar-refractivity contribution in [3.8, 4) is 0 Å². The van der Waals surface area contributed by atoms with Crippen LogP contribution in [0.1, 0.15) is 13.3 Å². The molecule has 2 rings (SSSR count). The van der Waals surface area contributed by atoms with Crippen molar-refractivity contribution >= 4 is 17.9 Å². The van der Waals surface area contributed by atoms with Crippen LogP contribution in [0.15, 0.2) is 0 Å². The van der Waals surface area contributed by atoms with E-state index in [0.717, 1.165) is 0 Å². The fourth-order valence-electron chi connectivity index (χ4n) is 2.49. The zero-order chi connectivity index (χ0) is 14.7. The van der Waals surface area contributed by atoms with E-state index in [9.17, 15) is 14.4 Å². The zero-order valence-corrected chi connectivity index (χ0v) is 11.4. The minimum absolute atomic E-state index is 0.0771. The molecule has 112 valence electrons. The molecular weight excluding hydrogens is 266 g/mol. The van der Waals surface area contributed by atoms with Crippen LogP contribution in [-0.2, 0) is 14.3 Å². The lowest BCUT2D eigenvalue weighted by Gasteiger charge is -2.41. The number of amides is 3. The zero-order valence-electron chi connectivity index (χ0n) is 11.4. The van der Waals surface area contributed by atoms with Gasteiger partial charge in [0.1, 0.15) is 6.04 Å². The van der Waals surface area contributed by atoms with Crippen molar-refractivity contribution in [1.29, 1.82) is 0 Å². The molecule has 3 amide bonds. The average molecular weight is 285 g/mol. The molecule has 8 nitrogen and oxygen atoms in total. The lowest BCUT2D eigenvalue weighted by molar-refractivity contribution is -0.142. The summed E-state index contributed by atoms with van der Waals surface area (Å²) in [4.78, 5) is 38.2. The van der Waals surface area contributed by atoms with Crippen LogP contribution in [0.4, 0.5) is 4.79 Å². The van der Waals surface area contributed by atoms with Crippen LogP contribution in [0.25, 0.3) is 0 Å². The van der Waals surface area contributed by atoms with E-state index in [4.69, 9.17) is 9.84 Å². The first kappa shape index (κ1) is 14.6. The second-order valence-electron chi connectivity index (χ2n) is 5.00. The van der Waals surface area contributed by atoms with Crippen LogP contribution in [0.5, 0.6) is 0 Å². The van der Waals surface area contributed by atoms with E-state index < -0.39 is 17.9 Å². The molecular formula is C12H19N3O5. The molecule has 2 atom stereocenters. The Bertz CT molecular complexity index is 414. The Morgan fingerprint density at radius 3 is 2.80 bits per heavy atom. The summed E-state index contributed by atoms with van der Waals surface area (Å²) in [5, 5.41) is 11.5. The van der Waals surface area contributed by atoms with Crippen molar-refractivity contribution in [1.82, 2.24) is 15.1 Å². The normalized spacial score (nSPS) is 27.1.